The van der Waals surface area contributed by atoms with Crippen LogP contribution < -0.4 is 11.1 Å². The maximum Gasteiger partial charge on any atom is 0.318 e. The molecule has 0 bridgehead atoms. The van der Waals surface area contributed by atoms with Gasteiger partial charge < -0.3 is 5.73 Å². The number of hydrogen-bond donors (Lipinski definition) is 2. The summed E-state index contributed by atoms with van der Waals surface area (Å²) in [6.07, 6.45) is 1.61. The van der Waals surface area contributed by atoms with E-state index in [2.05, 4.69) is 21.6 Å². The second kappa shape index (κ2) is 7.48. The lowest BCUT2D eigenvalue weighted by Gasteiger charge is -2.19. The summed E-state index contributed by atoms with van der Waals surface area (Å²) in [5.74, 6) is -0.448. The van der Waals surface area contributed by atoms with Crippen LogP contribution in [0.2, 0.25) is 0 Å². The average molecular weight is 347 g/mol. The second-order valence-corrected chi connectivity index (χ2v) is 7.02. The van der Waals surface area contributed by atoms with Crippen LogP contribution >= 0.6 is 11.8 Å². The van der Waals surface area contributed by atoms with E-state index in [4.69, 9.17) is 5.73 Å². The predicted octanol–water partition coefficient (Wildman–Crippen LogP) is 2.20. The maximum absolute atomic E-state index is 12.2. The third kappa shape index (κ3) is 4.14. The van der Waals surface area contributed by atoms with Crippen LogP contribution in [0, 0.1) is 19.8 Å². The highest BCUT2D eigenvalue weighted by Gasteiger charge is 2.27. The molecule has 0 aliphatic rings. The van der Waals surface area contributed by atoms with E-state index in [0.717, 1.165) is 11.3 Å². The number of primary amides is 1. The van der Waals surface area contributed by atoms with Crippen molar-refractivity contribution in [3.63, 3.8) is 0 Å². The zero-order valence-electron chi connectivity index (χ0n) is 14.1. The fraction of sp³-hybridized carbons (Fsp3) is 0.375. The van der Waals surface area contributed by atoms with Crippen LogP contribution in [0.1, 0.15) is 25.0 Å². The Morgan fingerprint density at radius 2 is 2.00 bits per heavy atom. The Balaban J connectivity index is 2.31. The Morgan fingerprint density at radius 3 is 2.58 bits per heavy atom. The van der Waals surface area contributed by atoms with Gasteiger partial charge in [0, 0.05) is 0 Å². The van der Waals surface area contributed by atoms with E-state index in [9.17, 15) is 9.59 Å². The number of aromatic nitrogens is 3. The van der Waals surface area contributed by atoms with Crippen molar-refractivity contribution >= 4 is 23.7 Å². The largest absolute Gasteiger partial charge is 0.351 e. The van der Waals surface area contributed by atoms with Gasteiger partial charge >= 0.3 is 6.03 Å². The van der Waals surface area contributed by atoms with Crippen LogP contribution in [0.15, 0.2) is 29.7 Å². The van der Waals surface area contributed by atoms with Crippen molar-refractivity contribution in [3.05, 3.63) is 35.7 Å². The second-order valence-electron chi connectivity index (χ2n) is 5.91. The molecular weight excluding hydrogens is 326 g/mol. The first-order chi connectivity index (χ1) is 11.3. The Bertz CT molecular complexity index is 757. The van der Waals surface area contributed by atoms with Gasteiger partial charge in [-0.05, 0) is 31.4 Å². The van der Waals surface area contributed by atoms with Gasteiger partial charge in [-0.3, -0.25) is 14.7 Å². The average Bonchev–Trinajstić information content (AvgIpc) is 2.91. The quantitative estimate of drug-likeness (QED) is 0.807. The third-order valence-corrected chi connectivity index (χ3v) is 4.97. The molecule has 1 atom stereocenters. The Hall–Kier alpha value is -2.35. The molecule has 24 heavy (non-hydrogen) atoms. The number of imide groups is 1. The van der Waals surface area contributed by atoms with E-state index < -0.39 is 17.2 Å². The van der Waals surface area contributed by atoms with Gasteiger partial charge in [-0.1, -0.05) is 43.3 Å². The number of benzene rings is 1. The SMILES string of the molecule is Cc1ccc(-n2cnnc2S[C@H](C(=O)NC(N)=O)C(C)C)c(C)c1. The summed E-state index contributed by atoms with van der Waals surface area (Å²) < 4.78 is 1.84. The molecule has 3 amide bonds. The molecule has 0 saturated heterocycles. The van der Waals surface area contributed by atoms with E-state index in [1.54, 1.807) is 6.33 Å². The van der Waals surface area contributed by atoms with E-state index in [0.29, 0.717) is 5.16 Å². The Morgan fingerprint density at radius 1 is 1.29 bits per heavy atom. The number of nitrogens with zero attached hydrogens (tertiary/aromatic N) is 3. The highest BCUT2D eigenvalue weighted by Crippen LogP contribution is 2.29. The molecule has 3 N–H and O–H groups in total. The van der Waals surface area contributed by atoms with E-state index in [1.165, 1.54) is 17.3 Å². The van der Waals surface area contributed by atoms with E-state index in [-0.39, 0.29) is 5.92 Å². The number of aryl methyl sites for hydroxylation is 2. The van der Waals surface area contributed by atoms with Gasteiger partial charge in [0.2, 0.25) is 5.91 Å². The lowest BCUT2D eigenvalue weighted by Crippen LogP contribution is -2.42. The smallest absolute Gasteiger partial charge is 0.318 e. The summed E-state index contributed by atoms with van der Waals surface area (Å²) >= 11 is 1.26. The summed E-state index contributed by atoms with van der Waals surface area (Å²) in [4.78, 5) is 23.1. The molecular formula is C16H21N5O2S. The molecule has 0 spiro atoms. The number of carbonyl (C=O) groups is 2. The number of nitrogens with two attached hydrogens (primary N) is 1. The van der Waals surface area contributed by atoms with Crippen LogP contribution in [0.3, 0.4) is 0 Å². The molecule has 0 aliphatic carbocycles. The molecule has 0 unspecified atom stereocenters. The van der Waals surface area contributed by atoms with E-state index >= 15 is 0 Å². The first-order valence-corrected chi connectivity index (χ1v) is 8.42. The summed E-state index contributed by atoms with van der Waals surface area (Å²) in [6, 6.07) is 5.22. The van der Waals surface area contributed by atoms with Gasteiger partial charge in [-0.15, -0.1) is 10.2 Å². The van der Waals surface area contributed by atoms with Crippen molar-refractivity contribution in [2.24, 2.45) is 11.7 Å². The summed E-state index contributed by atoms with van der Waals surface area (Å²) in [6.45, 7) is 7.84. The number of amides is 3. The molecule has 0 saturated carbocycles. The van der Waals surface area contributed by atoms with Crippen molar-refractivity contribution in [1.29, 1.82) is 0 Å². The monoisotopic (exact) mass is 347 g/mol. The number of nitrogens with one attached hydrogen (secondary N) is 1. The van der Waals surface area contributed by atoms with Crippen LogP contribution in [-0.4, -0.2) is 32.0 Å². The molecule has 8 heteroatoms. The van der Waals surface area contributed by atoms with Crippen LogP contribution in [0.25, 0.3) is 5.69 Å². The van der Waals surface area contributed by atoms with Crippen LogP contribution in [0.4, 0.5) is 4.79 Å². The minimum Gasteiger partial charge on any atom is -0.351 e. The Labute approximate surface area is 145 Å². The van der Waals surface area contributed by atoms with Gasteiger partial charge in [0.25, 0.3) is 0 Å². The normalized spacial score (nSPS) is 12.2. The number of carbonyl (C=O) groups excluding carboxylic acids is 2. The van der Waals surface area contributed by atoms with Gasteiger partial charge in [0.1, 0.15) is 6.33 Å². The maximum atomic E-state index is 12.2. The minimum absolute atomic E-state index is 0.0152. The topological polar surface area (TPSA) is 103 Å². The predicted molar refractivity (Wildman–Crippen MR) is 93.0 cm³/mol. The third-order valence-electron chi connectivity index (χ3n) is 3.47. The molecule has 0 radical (unpaired) electrons. The van der Waals surface area contributed by atoms with Gasteiger partial charge in [-0.25, -0.2) is 4.79 Å². The first-order valence-electron chi connectivity index (χ1n) is 7.54. The van der Waals surface area contributed by atoms with Gasteiger partial charge in [0.15, 0.2) is 5.16 Å². The highest BCUT2D eigenvalue weighted by molar-refractivity contribution is 8.00. The zero-order valence-corrected chi connectivity index (χ0v) is 14.9. The van der Waals surface area contributed by atoms with E-state index in [1.807, 2.05) is 44.4 Å². The summed E-state index contributed by atoms with van der Waals surface area (Å²) in [5, 5.41) is 10.3. The summed E-state index contributed by atoms with van der Waals surface area (Å²) in [7, 11) is 0. The minimum atomic E-state index is -0.859. The first kappa shape index (κ1) is 18.0. The van der Waals surface area contributed by atoms with Crippen molar-refractivity contribution in [2.45, 2.75) is 38.1 Å². The molecule has 2 rings (SSSR count). The molecule has 2 aromatic rings. The van der Waals surface area contributed by atoms with Crippen LogP contribution in [-0.2, 0) is 4.79 Å². The number of hydrogen-bond acceptors (Lipinski definition) is 5. The van der Waals surface area contributed by atoms with Gasteiger partial charge in [0.05, 0.1) is 10.9 Å². The van der Waals surface area contributed by atoms with Gasteiger partial charge in [-0.2, -0.15) is 0 Å². The summed E-state index contributed by atoms with van der Waals surface area (Å²) in [5.41, 5.74) is 8.25. The fourth-order valence-electron chi connectivity index (χ4n) is 2.34. The number of rotatable bonds is 5. The molecule has 1 aromatic carbocycles. The highest BCUT2D eigenvalue weighted by atomic mass is 32.2. The Kier molecular flexibility index (Phi) is 5.61. The lowest BCUT2D eigenvalue weighted by molar-refractivity contribution is -0.120. The van der Waals surface area contributed by atoms with Crippen molar-refractivity contribution in [2.75, 3.05) is 0 Å². The lowest BCUT2D eigenvalue weighted by atomic mass is 10.1. The molecule has 1 heterocycles. The molecule has 7 nitrogen and oxygen atoms in total. The number of thioether (sulfide) groups is 1. The standard InChI is InChI=1S/C16H21N5O2S/c1-9(2)13(14(22)19-15(17)23)24-16-20-18-8-21(16)12-6-5-10(3)7-11(12)4/h5-9,13H,1-4H3,(H3,17,19,22,23)/t13-/m0/s1. The zero-order chi connectivity index (χ0) is 17.9. The molecule has 128 valence electrons. The number of urea groups is 1. The molecule has 0 aliphatic heterocycles. The van der Waals surface area contributed by atoms with Crippen LogP contribution in [0.5, 0.6) is 0 Å². The fourth-order valence-corrected chi connectivity index (χ4v) is 3.36. The van der Waals surface area contributed by atoms with Crippen molar-refractivity contribution in [3.8, 4) is 5.69 Å². The van der Waals surface area contributed by atoms with Crippen molar-refractivity contribution in [1.82, 2.24) is 20.1 Å². The van der Waals surface area contributed by atoms with Crippen molar-refractivity contribution < 1.29 is 9.59 Å². The molecule has 1 aromatic heterocycles. The molecule has 0 fully saturated rings.